The highest BCUT2D eigenvalue weighted by molar-refractivity contribution is 14.1. The van der Waals surface area contributed by atoms with E-state index in [0.717, 1.165) is 5.56 Å². The lowest BCUT2D eigenvalue weighted by Crippen LogP contribution is -2.21. The van der Waals surface area contributed by atoms with Crippen LogP contribution in [0.15, 0.2) is 18.2 Å². The Balaban J connectivity index is 3.03. The van der Waals surface area contributed by atoms with Crippen molar-refractivity contribution in [2.75, 3.05) is 13.7 Å². The normalized spacial score (nSPS) is 12.9. The van der Waals surface area contributed by atoms with Gasteiger partial charge in [-0.25, -0.2) is 0 Å². The number of likely N-dealkylation sites (N-methyl/N-ethyl adjacent to an activating group) is 1. The van der Waals surface area contributed by atoms with E-state index in [2.05, 4.69) is 68.7 Å². The average molecular weight is 403 g/mol. The first-order chi connectivity index (χ1) is 6.19. The van der Waals surface area contributed by atoms with Crippen molar-refractivity contribution in [3.05, 3.63) is 30.9 Å². The molecule has 0 heterocycles. The molecule has 1 atom stereocenters. The summed E-state index contributed by atoms with van der Waals surface area (Å²) < 4.78 is 2.38. The molecule has 0 unspecified atom stereocenters. The Morgan fingerprint density at radius 3 is 2.69 bits per heavy atom. The molecule has 1 aromatic rings. The number of hydrogen-bond acceptors (Lipinski definition) is 2. The van der Waals surface area contributed by atoms with Gasteiger partial charge in [-0.05, 0) is 76.0 Å². The van der Waals surface area contributed by atoms with Gasteiger partial charge in [-0.1, -0.05) is 0 Å². The van der Waals surface area contributed by atoms with Gasteiger partial charge in [0.15, 0.2) is 0 Å². The summed E-state index contributed by atoms with van der Waals surface area (Å²) >= 11 is 4.56. The Morgan fingerprint density at radius 2 is 2.15 bits per heavy atom. The van der Waals surface area contributed by atoms with Gasteiger partial charge in [0.05, 0.1) is 12.6 Å². The van der Waals surface area contributed by atoms with Gasteiger partial charge in [0.25, 0.3) is 0 Å². The van der Waals surface area contributed by atoms with Gasteiger partial charge in [0.2, 0.25) is 0 Å². The van der Waals surface area contributed by atoms with Crippen LogP contribution < -0.4 is 5.32 Å². The maximum absolute atomic E-state index is 9.13. The van der Waals surface area contributed by atoms with Gasteiger partial charge < -0.3 is 10.4 Å². The molecule has 1 aromatic carbocycles. The minimum Gasteiger partial charge on any atom is -0.394 e. The molecule has 13 heavy (non-hydrogen) atoms. The molecule has 0 aromatic heterocycles. The number of aliphatic hydroxyl groups is 1. The molecule has 1 rings (SSSR count). The zero-order valence-electron chi connectivity index (χ0n) is 7.22. The van der Waals surface area contributed by atoms with E-state index in [1.165, 1.54) is 7.14 Å². The molecule has 0 saturated carbocycles. The molecule has 0 aliphatic heterocycles. The molecule has 0 radical (unpaired) electrons. The molecule has 4 heteroatoms. The summed E-state index contributed by atoms with van der Waals surface area (Å²) in [7, 11) is 1.86. The second kappa shape index (κ2) is 5.47. The maximum atomic E-state index is 9.13. The quantitative estimate of drug-likeness (QED) is 0.759. The van der Waals surface area contributed by atoms with Crippen LogP contribution in [-0.2, 0) is 0 Å². The zero-order valence-corrected chi connectivity index (χ0v) is 11.5. The lowest BCUT2D eigenvalue weighted by molar-refractivity contribution is 0.250. The molecule has 72 valence electrons. The molecule has 0 bridgehead atoms. The number of benzene rings is 1. The average Bonchev–Trinajstić information content (AvgIpc) is 2.13. The van der Waals surface area contributed by atoms with Crippen molar-refractivity contribution >= 4 is 45.2 Å². The first kappa shape index (κ1) is 11.7. The van der Waals surface area contributed by atoms with Gasteiger partial charge in [-0.3, -0.25) is 0 Å². The molecule has 2 N–H and O–H groups in total. The smallest absolute Gasteiger partial charge is 0.0626 e. The highest BCUT2D eigenvalue weighted by Gasteiger charge is 2.11. The van der Waals surface area contributed by atoms with Crippen molar-refractivity contribution in [2.24, 2.45) is 0 Å². The van der Waals surface area contributed by atoms with Gasteiger partial charge in [0.1, 0.15) is 0 Å². The summed E-state index contributed by atoms with van der Waals surface area (Å²) in [5, 5.41) is 12.2. The molecule has 0 aliphatic carbocycles. The predicted molar refractivity (Wildman–Crippen MR) is 70.8 cm³/mol. The summed E-state index contributed by atoms with van der Waals surface area (Å²) in [6.45, 7) is 0.132. The fraction of sp³-hybridized carbons (Fsp3) is 0.333. The van der Waals surface area contributed by atoms with E-state index in [4.69, 9.17) is 5.11 Å². The van der Waals surface area contributed by atoms with Crippen LogP contribution >= 0.6 is 45.2 Å². The molecule has 2 nitrogen and oxygen atoms in total. The largest absolute Gasteiger partial charge is 0.394 e. The van der Waals surface area contributed by atoms with Crippen molar-refractivity contribution in [2.45, 2.75) is 6.04 Å². The fourth-order valence-corrected chi connectivity index (χ4v) is 2.35. The van der Waals surface area contributed by atoms with E-state index >= 15 is 0 Å². The van der Waals surface area contributed by atoms with Crippen LogP contribution in [-0.4, -0.2) is 18.8 Å². The Hall–Kier alpha value is 0.600. The monoisotopic (exact) mass is 403 g/mol. The molecule has 0 amide bonds. The summed E-state index contributed by atoms with van der Waals surface area (Å²) in [4.78, 5) is 0. The summed E-state index contributed by atoms with van der Waals surface area (Å²) in [6.07, 6.45) is 0. The van der Waals surface area contributed by atoms with Crippen molar-refractivity contribution in [1.29, 1.82) is 0 Å². The first-order valence-corrected chi connectivity index (χ1v) is 6.08. The number of hydrogen-bond donors (Lipinski definition) is 2. The third kappa shape index (κ3) is 3.03. The minimum atomic E-state index is 0.0432. The van der Waals surface area contributed by atoms with Crippen LogP contribution in [0.4, 0.5) is 0 Å². The third-order valence-corrected chi connectivity index (χ3v) is 3.52. The summed E-state index contributed by atoms with van der Waals surface area (Å²) in [5.74, 6) is 0. The molecule has 0 saturated heterocycles. The molecule has 0 fully saturated rings. The van der Waals surface area contributed by atoms with Crippen LogP contribution in [0.2, 0.25) is 0 Å². The lowest BCUT2D eigenvalue weighted by atomic mass is 10.1. The Morgan fingerprint density at radius 1 is 1.46 bits per heavy atom. The van der Waals surface area contributed by atoms with Crippen LogP contribution in [0.1, 0.15) is 11.6 Å². The molecular formula is C9H11I2NO. The summed E-state index contributed by atoms with van der Waals surface area (Å²) in [6, 6.07) is 6.27. The third-order valence-electron chi connectivity index (χ3n) is 1.86. The van der Waals surface area contributed by atoms with E-state index in [-0.39, 0.29) is 12.6 Å². The first-order valence-electron chi connectivity index (χ1n) is 3.92. The van der Waals surface area contributed by atoms with Gasteiger partial charge >= 0.3 is 0 Å². The second-order valence-corrected chi connectivity index (χ2v) is 5.10. The lowest BCUT2D eigenvalue weighted by Gasteiger charge is -2.15. The second-order valence-electron chi connectivity index (χ2n) is 2.69. The highest BCUT2D eigenvalue weighted by Crippen LogP contribution is 2.21. The standard InChI is InChI=1S/C9H11I2NO/c1-12-9(5-13)7-4-6(10)2-3-8(7)11/h2-4,9,12-13H,5H2,1H3/t9-/m0/s1. The van der Waals surface area contributed by atoms with Crippen molar-refractivity contribution < 1.29 is 5.11 Å². The van der Waals surface area contributed by atoms with E-state index in [1.54, 1.807) is 0 Å². The predicted octanol–water partition coefficient (Wildman–Crippen LogP) is 2.15. The topological polar surface area (TPSA) is 32.3 Å². The van der Waals surface area contributed by atoms with Crippen LogP contribution in [0, 0.1) is 7.14 Å². The van der Waals surface area contributed by atoms with Crippen molar-refractivity contribution in [1.82, 2.24) is 5.32 Å². The molecule has 0 aliphatic rings. The van der Waals surface area contributed by atoms with Crippen LogP contribution in [0.3, 0.4) is 0 Å². The van der Waals surface area contributed by atoms with Crippen LogP contribution in [0.25, 0.3) is 0 Å². The SMILES string of the molecule is CN[C@@H](CO)c1cc(I)ccc1I. The van der Waals surface area contributed by atoms with E-state index < -0.39 is 0 Å². The Kier molecular flexibility index (Phi) is 4.91. The number of aliphatic hydroxyl groups excluding tert-OH is 1. The van der Waals surface area contributed by atoms with Crippen molar-refractivity contribution in [3.8, 4) is 0 Å². The van der Waals surface area contributed by atoms with Gasteiger partial charge in [0, 0.05) is 7.14 Å². The van der Waals surface area contributed by atoms with E-state index in [9.17, 15) is 0 Å². The Bertz CT molecular complexity index is 287. The minimum absolute atomic E-state index is 0.0432. The number of nitrogens with one attached hydrogen (secondary N) is 1. The highest BCUT2D eigenvalue weighted by atomic mass is 127. The Labute approximate surface area is 105 Å². The fourth-order valence-electron chi connectivity index (χ4n) is 1.13. The molecular weight excluding hydrogens is 392 g/mol. The van der Waals surface area contributed by atoms with Gasteiger partial charge in [-0.15, -0.1) is 0 Å². The number of rotatable bonds is 3. The van der Waals surface area contributed by atoms with E-state index in [0.29, 0.717) is 0 Å². The molecule has 0 spiro atoms. The summed E-state index contributed by atoms with van der Waals surface area (Å²) in [5.41, 5.74) is 1.16. The zero-order chi connectivity index (χ0) is 9.84. The van der Waals surface area contributed by atoms with Crippen LogP contribution in [0.5, 0.6) is 0 Å². The van der Waals surface area contributed by atoms with Gasteiger partial charge in [-0.2, -0.15) is 0 Å². The van der Waals surface area contributed by atoms with Crippen molar-refractivity contribution in [3.63, 3.8) is 0 Å². The maximum Gasteiger partial charge on any atom is 0.0626 e. The van der Waals surface area contributed by atoms with E-state index in [1.807, 2.05) is 7.05 Å². The number of halogens is 2.